The topological polar surface area (TPSA) is 78.9 Å². The van der Waals surface area contributed by atoms with Gasteiger partial charge in [-0.3, -0.25) is 0 Å². The number of nitriles is 1. The van der Waals surface area contributed by atoms with Crippen molar-refractivity contribution in [2.45, 2.75) is 0 Å². The Kier molecular flexibility index (Phi) is 4.98. The quantitative estimate of drug-likeness (QED) is 0.449. The number of halogens is 1. The Morgan fingerprint density at radius 1 is 0.966 bits per heavy atom. The van der Waals surface area contributed by atoms with Crippen molar-refractivity contribution >= 4 is 21.9 Å². The average Bonchev–Trinajstić information content (AvgIpc) is 3.16. The van der Waals surface area contributed by atoms with Crippen LogP contribution in [0, 0.1) is 11.3 Å². The summed E-state index contributed by atoms with van der Waals surface area (Å²) in [7, 11) is 0. The molecule has 0 aliphatic carbocycles. The van der Waals surface area contributed by atoms with Gasteiger partial charge < -0.3 is 5.11 Å². The number of nitrogens with zero attached hydrogens (tertiary/aromatic N) is 3. The molecule has 0 saturated carbocycles. The van der Waals surface area contributed by atoms with Crippen LogP contribution < -0.4 is 0 Å². The summed E-state index contributed by atoms with van der Waals surface area (Å²) in [6.07, 6.45) is 0. The second kappa shape index (κ2) is 7.74. The van der Waals surface area contributed by atoms with Gasteiger partial charge in [-0.25, -0.2) is 9.48 Å². The number of aromatic carboxylic acids is 1. The largest absolute Gasteiger partial charge is 0.478 e. The summed E-state index contributed by atoms with van der Waals surface area (Å²) >= 11 is 3.42. The van der Waals surface area contributed by atoms with E-state index in [1.165, 1.54) is 0 Å². The van der Waals surface area contributed by atoms with Crippen molar-refractivity contribution in [3.63, 3.8) is 0 Å². The molecule has 6 heteroatoms. The summed E-state index contributed by atoms with van der Waals surface area (Å²) in [5.74, 6) is -1.08. The molecule has 0 aliphatic heterocycles. The number of hydrogen-bond donors (Lipinski definition) is 1. The van der Waals surface area contributed by atoms with Gasteiger partial charge in [0.1, 0.15) is 11.3 Å². The summed E-state index contributed by atoms with van der Waals surface area (Å²) in [5.41, 5.74) is 3.39. The van der Waals surface area contributed by atoms with Gasteiger partial charge in [-0.05, 0) is 36.4 Å². The SMILES string of the molecule is N#Cc1cccc(-c2nn(-c3ccc(Br)cc3)c(-c3ccccc3)c2C(=O)O)c1. The van der Waals surface area contributed by atoms with Gasteiger partial charge in [-0.2, -0.15) is 10.4 Å². The molecule has 140 valence electrons. The van der Waals surface area contributed by atoms with E-state index in [4.69, 9.17) is 0 Å². The summed E-state index contributed by atoms with van der Waals surface area (Å²) in [6.45, 7) is 0. The fourth-order valence-electron chi connectivity index (χ4n) is 3.19. The lowest BCUT2D eigenvalue weighted by atomic mass is 10.0. The average molecular weight is 444 g/mol. The van der Waals surface area contributed by atoms with Crippen LogP contribution in [0.15, 0.2) is 83.3 Å². The second-order valence-corrected chi connectivity index (χ2v) is 7.24. The molecule has 0 bridgehead atoms. The van der Waals surface area contributed by atoms with E-state index < -0.39 is 5.97 Å². The molecule has 0 unspecified atom stereocenters. The lowest BCUT2D eigenvalue weighted by molar-refractivity contribution is 0.0698. The highest BCUT2D eigenvalue weighted by atomic mass is 79.9. The van der Waals surface area contributed by atoms with Crippen LogP contribution in [0.25, 0.3) is 28.2 Å². The maximum absolute atomic E-state index is 12.3. The number of carboxylic acid groups (broad SMARTS) is 1. The minimum atomic E-state index is -1.08. The van der Waals surface area contributed by atoms with Crippen LogP contribution in [-0.4, -0.2) is 20.9 Å². The zero-order valence-corrected chi connectivity index (χ0v) is 16.7. The molecule has 3 aromatic carbocycles. The highest BCUT2D eigenvalue weighted by Gasteiger charge is 2.26. The second-order valence-electron chi connectivity index (χ2n) is 6.32. The first-order valence-corrected chi connectivity index (χ1v) is 9.56. The first-order chi connectivity index (χ1) is 14.1. The van der Waals surface area contributed by atoms with Crippen molar-refractivity contribution in [3.8, 4) is 34.3 Å². The van der Waals surface area contributed by atoms with Gasteiger partial charge in [0.2, 0.25) is 0 Å². The van der Waals surface area contributed by atoms with Crippen LogP contribution in [-0.2, 0) is 0 Å². The van der Waals surface area contributed by atoms with Crippen LogP contribution in [0.2, 0.25) is 0 Å². The fraction of sp³-hybridized carbons (Fsp3) is 0. The number of carbonyl (C=O) groups is 1. The Balaban J connectivity index is 2.06. The molecule has 1 heterocycles. The Morgan fingerprint density at radius 3 is 2.31 bits per heavy atom. The Hall–Kier alpha value is -3.69. The molecule has 0 amide bonds. The third-order valence-corrected chi connectivity index (χ3v) is 5.01. The van der Waals surface area contributed by atoms with E-state index in [2.05, 4.69) is 27.1 Å². The third kappa shape index (κ3) is 3.56. The summed E-state index contributed by atoms with van der Waals surface area (Å²) in [5, 5.41) is 24.0. The van der Waals surface area contributed by atoms with Crippen LogP contribution in [0.1, 0.15) is 15.9 Å². The number of carboxylic acids is 1. The number of hydrogen-bond acceptors (Lipinski definition) is 3. The van der Waals surface area contributed by atoms with Crippen LogP contribution in [0.3, 0.4) is 0 Å². The Bertz CT molecular complexity index is 1240. The molecule has 4 aromatic rings. The molecule has 0 aliphatic rings. The molecule has 1 aromatic heterocycles. The molecule has 4 rings (SSSR count). The lowest BCUT2D eigenvalue weighted by Gasteiger charge is -2.09. The smallest absolute Gasteiger partial charge is 0.340 e. The van der Waals surface area contributed by atoms with Crippen molar-refractivity contribution in [1.82, 2.24) is 9.78 Å². The summed E-state index contributed by atoms with van der Waals surface area (Å²) in [4.78, 5) is 12.3. The van der Waals surface area contributed by atoms with E-state index in [0.29, 0.717) is 22.5 Å². The fourth-order valence-corrected chi connectivity index (χ4v) is 3.45. The highest BCUT2D eigenvalue weighted by Crippen LogP contribution is 2.34. The van der Waals surface area contributed by atoms with Gasteiger partial charge in [0, 0.05) is 15.6 Å². The molecule has 0 radical (unpaired) electrons. The molecule has 0 atom stereocenters. The van der Waals surface area contributed by atoms with Crippen molar-refractivity contribution in [2.75, 3.05) is 0 Å². The van der Waals surface area contributed by atoms with Crippen LogP contribution >= 0.6 is 15.9 Å². The maximum atomic E-state index is 12.3. The van der Waals surface area contributed by atoms with E-state index in [-0.39, 0.29) is 5.56 Å². The van der Waals surface area contributed by atoms with Crippen molar-refractivity contribution in [2.24, 2.45) is 0 Å². The molecule has 29 heavy (non-hydrogen) atoms. The Morgan fingerprint density at radius 2 is 1.66 bits per heavy atom. The molecule has 0 fully saturated rings. The minimum Gasteiger partial charge on any atom is -0.478 e. The maximum Gasteiger partial charge on any atom is 0.340 e. The minimum absolute atomic E-state index is 0.0919. The molecule has 0 spiro atoms. The standard InChI is InChI=1S/C23H14BrN3O2/c24-18-9-11-19(12-10-18)27-22(16-6-2-1-3-7-16)20(23(28)29)21(26-27)17-8-4-5-15(13-17)14-25/h1-13H,(H,28,29). The highest BCUT2D eigenvalue weighted by molar-refractivity contribution is 9.10. The molecular formula is C23H14BrN3O2. The molecule has 5 nitrogen and oxygen atoms in total. The van der Waals surface area contributed by atoms with E-state index >= 15 is 0 Å². The van der Waals surface area contributed by atoms with Crippen LogP contribution in [0.5, 0.6) is 0 Å². The first-order valence-electron chi connectivity index (χ1n) is 8.76. The predicted octanol–water partition coefficient (Wildman–Crippen LogP) is 5.54. The van der Waals surface area contributed by atoms with Gasteiger partial charge in [0.15, 0.2) is 0 Å². The van der Waals surface area contributed by atoms with Crippen molar-refractivity contribution < 1.29 is 9.90 Å². The third-order valence-electron chi connectivity index (χ3n) is 4.48. The van der Waals surface area contributed by atoms with Gasteiger partial charge in [-0.1, -0.05) is 58.4 Å². The van der Waals surface area contributed by atoms with Gasteiger partial charge in [-0.15, -0.1) is 0 Å². The summed E-state index contributed by atoms with van der Waals surface area (Å²) < 4.78 is 2.55. The molecule has 1 N–H and O–H groups in total. The van der Waals surface area contributed by atoms with Crippen LogP contribution in [0.4, 0.5) is 0 Å². The molecular weight excluding hydrogens is 430 g/mol. The van der Waals surface area contributed by atoms with E-state index in [9.17, 15) is 15.2 Å². The van der Waals surface area contributed by atoms with Gasteiger partial charge in [0.25, 0.3) is 0 Å². The lowest BCUT2D eigenvalue weighted by Crippen LogP contribution is -2.03. The van der Waals surface area contributed by atoms with E-state index in [1.807, 2.05) is 54.6 Å². The van der Waals surface area contributed by atoms with E-state index in [1.54, 1.807) is 28.9 Å². The summed E-state index contributed by atoms with van der Waals surface area (Å²) in [6, 6.07) is 25.7. The van der Waals surface area contributed by atoms with Gasteiger partial charge >= 0.3 is 5.97 Å². The van der Waals surface area contributed by atoms with Crippen molar-refractivity contribution in [1.29, 1.82) is 5.26 Å². The zero-order valence-electron chi connectivity index (χ0n) is 15.1. The first kappa shape index (κ1) is 18.7. The number of rotatable bonds is 4. The Labute approximate surface area is 175 Å². The van der Waals surface area contributed by atoms with Gasteiger partial charge in [0.05, 0.1) is 23.0 Å². The predicted molar refractivity (Wildman–Crippen MR) is 114 cm³/mol. The molecule has 0 saturated heterocycles. The number of benzene rings is 3. The van der Waals surface area contributed by atoms with Crippen molar-refractivity contribution in [3.05, 3.63) is 94.5 Å². The number of aromatic nitrogens is 2. The zero-order chi connectivity index (χ0) is 20.4. The monoisotopic (exact) mass is 443 g/mol. The van der Waals surface area contributed by atoms with E-state index in [0.717, 1.165) is 15.7 Å². The normalized spacial score (nSPS) is 10.5.